The summed E-state index contributed by atoms with van der Waals surface area (Å²) in [6.45, 7) is 2.23. The van der Waals surface area contributed by atoms with Gasteiger partial charge in [-0.2, -0.15) is 0 Å². The van der Waals surface area contributed by atoms with Crippen LogP contribution in [-0.4, -0.2) is 9.97 Å². The molecular weight excluding hydrogens is 330 g/mol. The van der Waals surface area contributed by atoms with E-state index in [4.69, 9.17) is 5.73 Å². The summed E-state index contributed by atoms with van der Waals surface area (Å²) in [5.41, 5.74) is 8.81. The molecule has 0 saturated carbocycles. The van der Waals surface area contributed by atoms with Gasteiger partial charge in [-0.05, 0) is 24.1 Å². The van der Waals surface area contributed by atoms with Crippen LogP contribution in [0.1, 0.15) is 63.5 Å². The van der Waals surface area contributed by atoms with Gasteiger partial charge in [-0.25, -0.2) is 4.79 Å². The predicted octanol–water partition coefficient (Wildman–Crippen LogP) is 4.37. The zero-order chi connectivity index (χ0) is 15.2. The van der Waals surface area contributed by atoms with Gasteiger partial charge in [0.05, 0.1) is 11.0 Å². The second kappa shape index (κ2) is 7.80. The number of unbranched alkanes of at least 4 members (excludes halogenated alkanes) is 5. The molecule has 1 aromatic carbocycles. The minimum Gasteiger partial charge on any atom is -0.324 e. The minimum absolute atomic E-state index is 0.00773. The quantitative estimate of drug-likeness (QED) is 0.616. The van der Waals surface area contributed by atoms with Gasteiger partial charge in [0.25, 0.3) is 0 Å². The number of nitrogens with two attached hydrogens (primary N) is 1. The van der Waals surface area contributed by atoms with E-state index < -0.39 is 0 Å². The van der Waals surface area contributed by atoms with Gasteiger partial charge < -0.3 is 15.7 Å². The predicted molar refractivity (Wildman–Crippen MR) is 91.5 cm³/mol. The van der Waals surface area contributed by atoms with Crippen LogP contribution in [0.2, 0.25) is 0 Å². The fourth-order valence-corrected chi connectivity index (χ4v) is 3.29. The Morgan fingerprint density at radius 3 is 2.43 bits per heavy atom. The van der Waals surface area contributed by atoms with Crippen LogP contribution in [-0.2, 0) is 0 Å². The van der Waals surface area contributed by atoms with Crippen molar-refractivity contribution in [1.29, 1.82) is 0 Å². The number of halogens is 1. The van der Waals surface area contributed by atoms with E-state index in [1.165, 1.54) is 32.1 Å². The number of benzene rings is 1. The van der Waals surface area contributed by atoms with Crippen LogP contribution in [0.3, 0.4) is 0 Å². The van der Waals surface area contributed by atoms with Crippen LogP contribution in [0.5, 0.6) is 0 Å². The van der Waals surface area contributed by atoms with Gasteiger partial charge in [-0.1, -0.05) is 61.4 Å². The Kier molecular flexibility index (Phi) is 6.06. The van der Waals surface area contributed by atoms with Gasteiger partial charge in [-0.15, -0.1) is 0 Å². The van der Waals surface area contributed by atoms with Gasteiger partial charge in [0.1, 0.15) is 0 Å². The van der Waals surface area contributed by atoms with Crippen LogP contribution >= 0.6 is 15.9 Å². The average molecular weight is 354 g/mol. The summed E-state index contributed by atoms with van der Waals surface area (Å²) in [6, 6.07) is 3.90. The van der Waals surface area contributed by atoms with Crippen molar-refractivity contribution < 1.29 is 0 Å². The number of H-pyrrole nitrogens is 2. The van der Waals surface area contributed by atoms with Gasteiger partial charge in [-0.3, -0.25) is 0 Å². The summed E-state index contributed by atoms with van der Waals surface area (Å²) in [4.78, 5) is 16.9. The topological polar surface area (TPSA) is 74.7 Å². The molecule has 0 radical (unpaired) electrons. The Labute approximate surface area is 133 Å². The molecule has 1 atom stereocenters. The highest BCUT2D eigenvalue weighted by atomic mass is 79.9. The number of nitrogens with one attached hydrogen (secondary N) is 2. The molecule has 0 aliphatic carbocycles. The Balaban J connectivity index is 1.94. The number of hydrogen-bond acceptors (Lipinski definition) is 2. The molecule has 0 bridgehead atoms. The number of rotatable bonds is 8. The molecule has 0 aliphatic rings. The highest BCUT2D eigenvalue weighted by Crippen LogP contribution is 2.28. The standard InChI is InChI=1S/C16H24BrN3O/c1-2-3-4-5-6-7-8-13(18)11-9-14-15(10-12(11)17)20-16(21)19-14/h9-10,13H,2-8,18H2,1H3,(H2,19,20,21). The lowest BCUT2D eigenvalue weighted by Crippen LogP contribution is -2.11. The Bertz CT molecular complexity index is 632. The molecule has 0 fully saturated rings. The van der Waals surface area contributed by atoms with Crippen LogP contribution in [0, 0.1) is 0 Å². The number of aromatic amines is 2. The molecule has 5 heteroatoms. The second-order valence-electron chi connectivity index (χ2n) is 5.66. The summed E-state index contributed by atoms with van der Waals surface area (Å²) in [5.74, 6) is 0. The summed E-state index contributed by atoms with van der Waals surface area (Å²) in [6.07, 6.45) is 8.60. The first kappa shape index (κ1) is 16.3. The fourth-order valence-electron chi connectivity index (χ4n) is 2.66. The van der Waals surface area contributed by atoms with Gasteiger partial charge in [0.2, 0.25) is 0 Å². The molecule has 2 rings (SSSR count). The van der Waals surface area contributed by atoms with E-state index in [2.05, 4.69) is 32.8 Å². The van der Waals surface area contributed by atoms with E-state index in [1.54, 1.807) is 0 Å². The van der Waals surface area contributed by atoms with E-state index in [9.17, 15) is 4.79 Å². The second-order valence-corrected chi connectivity index (χ2v) is 6.52. The van der Waals surface area contributed by atoms with E-state index in [0.29, 0.717) is 0 Å². The average Bonchev–Trinajstić information content (AvgIpc) is 2.80. The molecule has 1 heterocycles. The van der Waals surface area contributed by atoms with Crippen molar-refractivity contribution in [2.24, 2.45) is 5.73 Å². The molecule has 1 aromatic heterocycles. The van der Waals surface area contributed by atoms with Crippen molar-refractivity contribution in [3.63, 3.8) is 0 Å². The van der Waals surface area contributed by atoms with Crippen LogP contribution in [0.25, 0.3) is 11.0 Å². The largest absolute Gasteiger partial charge is 0.324 e. The monoisotopic (exact) mass is 353 g/mol. The summed E-state index contributed by atoms with van der Waals surface area (Å²) < 4.78 is 0.962. The molecule has 116 valence electrons. The van der Waals surface area contributed by atoms with Gasteiger partial charge in [0.15, 0.2) is 0 Å². The molecule has 0 saturated heterocycles. The van der Waals surface area contributed by atoms with E-state index in [1.807, 2.05) is 12.1 Å². The Morgan fingerprint density at radius 2 is 1.71 bits per heavy atom. The van der Waals surface area contributed by atoms with E-state index >= 15 is 0 Å². The molecule has 21 heavy (non-hydrogen) atoms. The third kappa shape index (κ3) is 4.45. The highest BCUT2D eigenvalue weighted by Gasteiger charge is 2.12. The first-order chi connectivity index (χ1) is 10.1. The first-order valence-electron chi connectivity index (χ1n) is 7.79. The number of hydrogen-bond donors (Lipinski definition) is 3. The molecule has 4 nitrogen and oxygen atoms in total. The van der Waals surface area contributed by atoms with Crippen molar-refractivity contribution in [1.82, 2.24) is 9.97 Å². The lowest BCUT2D eigenvalue weighted by molar-refractivity contribution is 0.546. The van der Waals surface area contributed by atoms with Crippen molar-refractivity contribution in [3.8, 4) is 0 Å². The smallest absolute Gasteiger partial charge is 0.323 e. The van der Waals surface area contributed by atoms with E-state index in [0.717, 1.165) is 33.9 Å². The maximum absolute atomic E-state index is 11.3. The summed E-state index contributed by atoms with van der Waals surface area (Å²) >= 11 is 3.55. The zero-order valence-electron chi connectivity index (χ0n) is 12.5. The van der Waals surface area contributed by atoms with Crippen molar-refractivity contribution >= 4 is 27.0 Å². The van der Waals surface area contributed by atoms with E-state index in [-0.39, 0.29) is 11.7 Å². The Morgan fingerprint density at radius 1 is 1.10 bits per heavy atom. The fraction of sp³-hybridized carbons (Fsp3) is 0.562. The molecule has 4 N–H and O–H groups in total. The van der Waals surface area contributed by atoms with Crippen LogP contribution in [0.15, 0.2) is 21.4 Å². The SMILES string of the molecule is CCCCCCCCC(N)c1cc2[nH]c(=O)[nH]c2cc1Br. The molecular formula is C16H24BrN3O. The Hall–Kier alpha value is -1.07. The van der Waals surface area contributed by atoms with Crippen molar-refractivity contribution in [3.05, 3.63) is 32.7 Å². The molecule has 0 spiro atoms. The maximum Gasteiger partial charge on any atom is 0.323 e. The zero-order valence-corrected chi connectivity index (χ0v) is 14.1. The maximum atomic E-state index is 11.3. The molecule has 0 aliphatic heterocycles. The summed E-state index contributed by atoms with van der Waals surface area (Å²) in [7, 11) is 0. The first-order valence-corrected chi connectivity index (χ1v) is 8.58. The number of fused-ring (bicyclic) bond motifs is 1. The van der Waals surface area contributed by atoms with Crippen LogP contribution < -0.4 is 11.4 Å². The van der Waals surface area contributed by atoms with Gasteiger partial charge in [0, 0.05) is 10.5 Å². The number of aromatic nitrogens is 2. The summed E-state index contributed by atoms with van der Waals surface area (Å²) in [5, 5.41) is 0. The molecule has 1 unspecified atom stereocenters. The lowest BCUT2D eigenvalue weighted by Gasteiger charge is -2.14. The number of imidazole rings is 1. The lowest BCUT2D eigenvalue weighted by atomic mass is 10.00. The minimum atomic E-state index is -0.182. The third-order valence-electron chi connectivity index (χ3n) is 3.90. The molecule has 0 amide bonds. The highest BCUT2D eigenvalue weighted by molar-refractivity contribution is 9.10. The third-order valence-corrected chi connectivity index (χ3v) is 4.59. The van der Waals surface area contributed by atoms with Crippen LogP contribution in [0.4, 0.5) is 0 Å². The van der Waals surface area contributed by atoms with Gasteiger partial charge >= 0.3 is 5.69 Å². The normalized spacial score (nSPS) is 12.9. The van der Waals surface area contributed by atoms with Crippen molar-refractivity contribution in [2.75, 3.05) is 0 Å². The molecule has 2 aromatic rings. The van der Waals surface area contributed by atoms with Crippen molar-refractivity contribution in [2.45, 2.75) is 57.9 Å².